The zero-order chi connectivity index (χ0) is 14.6. The van der Waals surface area contributed by atoms with E-state index in [2.05, 4.69) is 23.9 Å². The van der Waals surface area contributed by atoms with Gasteiger partial charge in [-0.25, -0.2) is 13.1 Å². The van der Waals surface area contributed by atoms with Crippen molar-refractivity contribution in [2.45, 2.75) is 50.6 Å². The molecule has 1 aliphatic rings. The lowest BCUT2D eigenvalue weighted by Crippen LogP contribution is -2.25. The summed E-state index contributed by atoms with van der Waals surface area (Å²) in [5.74, 6) is 0.735. The fourth-order valence-corrected chi connectivity index (χ4v) is 3.15. The van der Waals surface area contributed by atoms with Crippen LogP contribution in [0.2, 0.25) is 0 Å². The molecule has 1 aliphatic carbocycles. The zero-order valence-electron chi connectivity index (χ0n) is 12.2. The fourth-order valence-electron chi connectivity index (χ4n) is 2.03. The molecule has 20 heavy (non-hydrogen) atoms. The first-order chi connectivity index (χ1) is 9.47. The van der Waals surface area contributed by atoms with Gasteiger partial charge in [-0.15, -0.1) is 0 Å². The number of hydrogen-bond donors (Lipinski definition) is 2. The van der Waals surface area contributed by atoms with Gasteiger partial charge in [-0.2, -0.15) is 0 Å². The Morgan fingerprint density at radius 3 is 2.70 bits per heavy atom. The molecule has 1 aromatic carbocycles. The van der Waals surface area contributed by atoms with E-state index in [1.54, 1.807) is 18.2 Å². The predicted octanol–water partition coefficient (Wildman–Crippen LogP) is 2.26. The van der Waals surface area contributed by atoms with E-state index in [4.69, 9.17) is 0 Å². The summed E-state index contributed by atoms with van der Waals surface area (Å²) < 4.78 is 27.1. The fraction of sp³-hybridized carbons (Fsp3) is 0.600. The number of benzene rings is 1. The van der Waals surface area contributed by atoms with Crippen LogP contribution >= 0.6 is 0 Å². The number of rotatable bonds is 8. The van der Waals surface area contributed by atoms with Crippen molar-refractivity contribution in [2.24, 2.45) is 5.92 Å². The Morgan fingerprint density at radius 2 is 2.05 bits per heavy atom. The van der Waals surface area contributed by atoms with E-state index in [0.29, 0.717) is 24.0 Å². The maximum atomic E-state index is 12.2. The van der Waals surface area contributed by atoms with Crippen molar-refractivity contribution in [1.82, 2.24) is 10.0 Å². The third-order valence-electron chi connectivity index (χ3n) is 3.46. The smallest absolute Gasteiger partial charge is 0.240 e. The van der Waals surface area contributed by atoms with Crippen molar-refractivity contribution in [3.63, 3.8) is 0 Å². The molecule has 1 aromatic rings. The van der Waals surface area contributed by atoms with Gasteiger partial charge in [0, 0.05) is 19.1 Å². The zero-order valence-corrected chi connectivity index (χ0v) is 13.0. The minimum Gasteiger partial charge on any atom is -0.310 e. The van der Waals surface area contributed by atoms with Gasteiger partial charge in [0.25, 0.3) is 0 Å². The molecule has 0 amide bonds. The molecule has 0 heterocycles. The molecule has 0 aromatic heterocycles. The van der Waals surface area contributed by atoms with Crippen molar-refractivity contribution in [2.75, 3.05) is 6.54 Å². The van der Waals surface area contributed by atoms with Crippen LogP contribution in [0.3, 0.4) is 0 Å². The molecule has 112 valence electrons. The summed E-state index contributed by atoms with van der Waals surface area (Å²) >= 11 is 0. The molecular formula is C15H24N2O2S. The molecule has 0 radical (unpaired) electrons. The van der Waals surface area contributed by atoms with Gasteiger partial charge >= 0.3 is 0 Å². The van der Waals surface area contributed by atoms with E-state index in [-0.39, 0.29) is 0 Å². The van der Waals surface area contributed by atoms with Crippen molar-refractivity contribution >= 4 is 10.0 Å². The van der Waals surface area contributed by atoms with Crippen LogP contribution in [0.5, 0.6) is 0 Å². The number of sulfonamides is 1. The summed E-state index contributed by atoms with van der Waals surface area (Å²) in [7, 11) is -3.37. The standard InChI is InChI=1S/C15H24N2O2S/c1-12(2)16-11-14-4-3-5-15(10-14)20(18,19)17-9-8-13-6-7-13/h3-5,10,12-13,16-17H,6-9,11H2,1-2H3. The second-order valence-corrected chi connectivity index (χ2v) is 7.58. The first-order valence-electron chi connectivity index (χ1n) is 7.29. The second kappa shape index (κ2) is 6.70. The topological polar surface area (TPSA) is 58.2 Å². The monoisotopic (exact) mass is 296 g/mol. The van der Waals surface area contributed by atoms with Gasteiger partial charge in [0.1, 0.15) is 0 Å². The molecule has 1 fully saturated rings. The van der Waals surface area contributed by atoms with Gasteiger partial charge in [0.15, 0.2) is 0 Å². The van der Waals surface area contributed by atoms with Gasteiger partial charge in [-0.1, -0.05) is 38.8 Å². The highest BCUT2D eigenvalue weighted by Crippen LogP contribution is 2.31. The second-order valence-electron chi connectivity index (χ2n) is 5.81. The lowest BCUT2D eigenvalue weighted by Gasteiger charge is -2.10. The van der Waals surface area contributed by atoms with Crippen LogP contribution < -0.4 is 10.0 Å². The Labute approximate surface area is 122 Å². The SMILES string of the molecule is CC(C)NCc1cccc(S(=O)(=O)NCCC2CC2)c1. The first-order valence-corrected chi connectivity index (χ1v) is 8.77. The molecule has 0 bridgehead atoms. The summed E-state index contributed by atoms with van der Waals surface area (Å²) in [6, 6.07) is 7.52. The van der Waals surface area contributed by atoms with Crippen LogP contribution in [0.25, 0.3) is 0 Å². The lowest BCUT2D eigenvalue weighted by molar-refractivity contribution is 0.573. The average Bonchev–Trinajstić information content (AvgIpc) is 3.21. The largest absolute Gasteiger partial charge is 0.310 e. The Balaban J connectivity index is 1.96. The van der Waals surface area contributed by atoms with Crippen LogP contribution in [0.15, 0.2) is 29.2 Å². The molecule has 0 atom stereocenters. The van der Waals surface area contributed by atoms with E-state index in [9.17, 15) is 8.42 Å². The van der Waals surface area contributed by atoms with E-state index >= 15 is 0 Å². The third-order valence-corrected chi connectivity index (χ3v) is 4.92. The average molecular weight is 296 g/mol. The summed E-state index contributed by atoms with van der Waals surface area (Å²) in [5.41, 5.74) is 0.990. The highest BCUT2D eigenvalue weighted by molar-refractivity contribution is 7.89. The molecule has 2 N–H and O–H groups in total. The molecule has 0 saturated heterocycles. The van der Waals surface area contributed by atoms with E-state index in [1.807, 2.05) is 6.07 Å². The summed E-state index contributed by atoms with van der Waals surface area (Å²) in [6.07, 6.45) is 3.45. The molecular weight excluding hydrogens is 272 g/mol. The normalized spacial score (nSPS) is 15.8. The quantitative estimate of drug-likeness (QED) is 0.773. The molecule has 4 nitrogen and oxygen atoms in total. The number of hydrogen-bond acceptors (Lipinski definition) is 3. The molecule has 5 heteroatoms. The summed E-state index contributed by atoms with van der Waals surface area (Å²) in [5, 5.41) is 3.29. The van der Waals surface area contributed by atoms with Crippen LogP contribution in [-0.4, -0.2) is 21.0 Å². The Hall–Kier alpha value is -0.910. The van der Waals surface area contributed by atoms with E-state index in [0.717, 1.165) is 17.9 Å². The minimum absolute atomic E-state index is 0.358. The summed E-state index contributed by atoms with van der Waals surface area (Å²) in [6.45, 7) is 5.37. The molecule has 0 aliphatic heterocycles. The van der Waals surface area contributed by atoms with Crippen LogP contribution in [0.1, 0.15) is 38.7 Å². The van der Waals surface area contributed by atoms with Gasteiger partial charge in [0.05, 0.1) is 4.90 Å². The van der Waals surface area contributed by atoms with Gasteiger partial charge in [-0.05, 0) is 30.0 Å². The molecule has 2 rings (SSSR count). The molecule has 0 spiro atoms. The maximum Gasteiger partial charge on any atom is 0.240 e. The van der Waals surface area contributed by atoms with Crippen LogP contribution in [0, 0.1) is 5.92 Å². The first kappa shape index (κ1) is 15.5. The van der Waals surface area contributed by atoms with Crippen molar-refractivity contribution in [3.05, 3.63) is 29.8 Å². The van der Waals surface area contributed by atoms with Crippen LogP contribution in [-0.2, 0) is 16.6 Å². The molecule has 1 saturated carbocycles. The number of nitrogens with one attached hydrogen (secondary N) is 2. The predicted molar refractivity (Wildman–Crippen MR) is 80.9 cm³/mol. The Morgan fingerprint density at radius 1 is 1.30 bits per heavy atom. The maximum absolute atomic E-state index is 12.2. The third kappa shape index (κ3) is 4.89. The summed E-state index contributed by atoms with van der Waals surface area (Å²) in [4.78, 5) is 0.358. The van der Waals surface area contributed by atoms with E-state index in [1.165, 1.54) is 12.8 Å². The lowest BCUT2D eigenvalue weighted by atomic mass is 10.2. The Bertz CT molecular complexity index is 537. The van der Waals surface area contributed by atoms with Crippen molar-refractivity contribution in [1.29, 1.82) is 0 Å². The van der Waals surface area contributed by atoms with Gasteiger partial charge in [0.2, 0.25) is 10.0 Å². The van der Waals surface area contributed by atoms with E-state index < -0.39 is 10.0 Å². The van der Waals surface area contributed by atoms with Gasteiger partial charge < -0.3 is 5.32 Å². The Kier molecular flexibility index (Phi) is 5.18. The van der Waals surface area contributed by atoms with Crippen LogP contribution in [0.4, 0.5) is 0 Å². The minimum atomic E-state index is -3.37. The highest BCUT2D eigenvalue weighted by Gasteiger charge is 2.22. The van der Waals surface area contributed by atoms with Gasteiger partial charge in [-0.3, -0.25) is 0 Å². The van der Waals surface area contributed by atoms with Crippen molar-refractivity contribution < 1.29 is 8.42 Å². The highest BCUT2D eigenvalue weighted by atomic mass is 32.2. The molecule has 0 unspecified atom stereocenters. The van der Waals surface area contributed by atoms with Crippen molar-refractivity contribution in [3.8, 4) is 0 Å².